The molecular weight excluding hydrogens is 214 g/mol. The third-order valence-electron chi connectivity index (χ3n) is 2.05. The van der Waals surface area contributed by atoms with E-state index in [1.807, 2.05) is 0 Å². The first-order valence-corrected chi connectivity index (χ1v) is 4.55. The van der Waals surface area contributed by atoms with Crippen LogP contribution in [0.25, 0.3) is 0 Å². The molecule has 0 spiro atoms. The predicted molar refractivity (Wildman–Crippen MR) is 54.4 cm³/mol. The number of nitriles is 1. The third kappa shape index (κ3) is 2.34. The Hall–Kier alpha value is -1.96. The summed E-state index contributed by atoms with van der Waals surface area (Å²) in [5.74, 6) is -2.50. The van der Waals surface area contributed by atoms with Crippen LogP contribution in [0.3, 0.4) is 0 Å². The van der Waals surface area contributed by atoms with Crippen molar-refractivity contribution in [2.24, 2.45) is 5.41 Å². The second-order valence-electron chi connectivity index (χ2n) is 3.79. The Morgan fingerprint density at radius 3 is 2.31 bits per heavy atom. The zero-order valence-corrected chi connectivity index (χ0v) is 8.84. The number of hydrogen-bond donors (Lipinski definition) is 1. The van der Waals surface area contributed by atoms with Crippen LogP contribution in [0.5, 0.6) is 0 Å². The van der Waals surface area contributed by atoms with Gasteiger partial charge in [0.1, 0.15) is 22.7 Å². The van der Waals surface area contributed by atoms with Crippen LogP contribution in [0.1, 0.15) is 13.8 Å². The van der Waals surface area contributed by atoms with Crippen LogP contribution in [-0.2, 0) is 4.79 Å². The monoisotopic (exact) mass is 224 g/mol. The van der Waals surface area contributed by atoms with Gasteiger partial charge in [-0.1, -0.05) is 6.07 Å². The highest BCUT2D eigenvalue weighted by Crippen LogP contribution is 2.22. The number of rotatable bonds is 2. The van der Waals surface area contributed by atoms with Gasteiger partial charge in [0, 0.05) is 0 Å². The van der Waals surface area contributed by atoms with E-state index in [2.05, 4.69) is 5.32 Å². The Labute approximate surface area is 91.7 Å². The summed E-state index contributed by atoms with van der Waals surface area (Å²) in [6.45, 7) is 2.72. The fourth-order valence-corrected chi connectivity index (χ4v) is 0.938. The zero-order chi connectivity index (χ0) is 12.3. The van der Waals surface area contributed by atoms with E-state index in [1.54, 1.807) is 6.07 Å². The first-order chi connectivity index (χ1) is 7.38. The number of nitrogens with zero attached hydrogens (tertiary/aromatic N) is 1. The van der Waals surface area contributed by atoms with Gasteiger partial charge < -0.3 is 5.32 Å². The highest BCUT2D eigenvalue weighted by molar-refractivity contribution is 5.96. The lowest BCUT2D eigenvalue weighted by molar-refractivity contribution is -0.121. The summed E-state index contributed by atoms with van der Waals surface area (Å²) in [6, 6.07) is 4.99. The number of nitrogens with one attached hydrogen (secondary N) is 1. The number of hydrogen-bond acceptors (Lipinski definition) is 2. The van der Waals surface area contributed by atoms with Crippen molar-refractivity contribution in [2.75, 3.05) is 5.32 Å². The van der Waals surface area contributed by atoms with Crippen molar-refractivity contribution in [2.45, 2.75) is 13.8 Å². The largest absolute Gasteiger partial charge is 0.320 e. The van der Waals surface area contributed by atoms with Gasteiger partial charge in [-0.3, -0.25) is 4.79 Å². The van der Waals surface area contributed by atoms with Gasteiger partial charge >= 0.3 is 0 Å². The lowest BCUT2D eigenvalue weighted by Crippen LogP contribution is -2.29. The third-order valence-corrected chi connectivity index (χ3v) is 2.05. The van der Waals surface area contributed by atoms with Gasteiger partial charge in [-0.25, -0.2) is 8.78 Å². The van der Waals surface area contributed by atoms with Gasteiger partial charge in [0.05, 0.1) is 6.07 Å². The van der Waals surface area contributed by atoms with Crippen molar-refractivity contribution in [3.05, 3.63) is 29.8 Å². The molecule has 0 aliphatic rings. The molecule has 5 heteroatoms. The lowest BCUT2D eigenvalue weighted by atomic mass is 9.94. The van der Waals surface area contributed by atoms with E-state index in [0.29, 0.717) is 0 Å². The molecule has 1 rings (SSSR count). The Balaban J connectivity index is 2.99. The number of benzene rings is 1. The Morgan fingerprint density at radius 2 is 1.88 bits per heavy atom. The summed E-state index contributed by atoms with van der Waals surface area (Å²) in [7, 11) is 0. The van der Waals surface area contributed by atoms with Crippen LogP contribution in [0.15, 0.2) is 18.2 Å². The highest BCUT2D eigenvalue weighted by Gasteiger charge is 2.28. The van der Waals surface area contributed by atoms with Crippen molar-refractivity contribution in [1.82, 2.24) is 0 Å². The van der Waals surface area contributed by atoms with Gasteiger partial charge in [0.25, 0.3) is 0 Å². The van der Waals surface area contributed by atoms with E-state index >= 15 is 0 Å². The predicted octanol–water partition coefficient (Wildman–Crippen LogP) is 2.45. The average molecular weight is 224 g/mol. The molecule has 0 unspecified atom stereocenters. The SMILES string of the molecule is CC(C)(C#N)C(=O)Nc1c(F)cccc1F. The molecule has 1 amide bonds. The number of carbonyl (C=O) groups is 1. The lowest BCUT2D eigenvalue weighted by Gasteiger charge is -2.15. The molecule has 0 bridgehead atoms. The highest BCUT2D eigenvalue weighted by atomic mass is 19.1. The normalized spacial score (nSPS) is 10.7. The number of carbonyl (C=O) groups excluding carboxylic acids is 1. The van der Waals surface area contributed by atoms with Crippen LogP contribution in [0, 0.1) is 28.4 Å². The van der Waals surface area contributed by atoms with E-state index in [1.165, 1.54) is 19.9 Å². The Bertz CT molecular complexity index is 443. The maximum atomic E-state index is 13.2. The minimum atomic E-state index is -1.34. The molecule has 84 valence electrons. The van der Waals surface area contributed by atoms with Crippen LogP contribution in [-0.4, -0.2) is 5.91 Å². The average Bonchev–Trinajstić information content (AvgIpc) is 2.23. The molecule has 0 aliphatic carbocycles. The molecule has 0 aromatic heterocycles. The van der Waals surface area contributed by atoms with E-state index in [9.17, 15) is 13.6 Å². The summed E-state index contributed by atoms with van der Waals surface area (Å²) in [4.78, 5) is 11.5. The van der Waals surface area contributed by atoms with Crippen LogP contribution >= 0.6 is 0 Å². The fraction of sp³-hybridized carbons (Fsp3) is 0.273. The van der Waals surface area contributed by atoms with Crippen LogP contribution in [0.4, 0.5) is 14.5 Å². The summed E-state index contributed by atoms with van der Waals surface area (Å²) in [6.07, 6.45) is 0. The molecule has 0 saturated carbocycles. The van der Waals surface area contributed by atoms with Crippen LogP contribution in [0.2, 0.25) is 0 Å². The van der Waals surface area contributed by atoms with E-state index in [0.717, 1.165) is 12.1 Å². The molecule has 1 aromatic rings. The van der Waals surface area contributed by atoms with Crippen LogP contribution < -0.4 is 5.32 Å². The second-order valence-corrected chi connectivity index (χ2v) is 3.79. The van der Waals surface area contributed by atoms with Crippen molar-refractivity contribution in [3.63, 3.8) is 0 Å². The number of halogens is 2. The molecular formula is C11H10F2N2O. The number of para-hydroxylation sites is 1. The Kier molecular flexibility index (Phi) is 3.23. The summed E-state index contributed by atoms with van der Waals surface area (Å²) in [5.41, 5.74) is -1.87. The zero-order valence-electron chi connectivity index (χ0n) is 8.84. The summed E-state index contributed by atoms with van der Waals surface area (Å²) >= 11 is 0. The minimum Gasteiger partial charge on any atom is -0.320 e. The minimum absolute atomic E-state index is 0.532. The second kappa shape index (κ2) is 4.27. The van der Waals surface area contributed by atoms with E-state index in [4.69, 9.17) is 5.26 Å². The molecule has 3 nitrogen and oxygen atoms in total. The maximum Gasteiger partial charge on any atom is 0.244 e. The van der Waals surface area contributed by atoms with E-state index in [-0.39, 0.29) is 0 Å². The molecule has 0 heterocycles. The first-order valence-electron chi connectivity index (χ1n) is 4.55. The molecule has 1 aromatic carbocycles. The molecule has 0 aliphatic heterocycles. The van der Waals surface area contributed by atoms with Crippen molar-refractivity contribution in [3.8, 4) is 6.07 Å². The summed E-state index contributed by atoms with van der Waals surface area (Å²) < 4.78 is 26.3. The fourth-order valence-electron chi connectivity index (χ4n) is 0.938. The van der Waals surface area contributed by atoms with Crippen molar-refractivity contribution >= 4 is 11.6 Å². The summed E-state index contributed by atoms with van der Waals surface area (Å²) in [5, 5.41) is 10.7. The first kappa shape index (κ1) is 12.1. The topological polar surface area (TPSA) is 52.9 Å². The van der Waals surface area contributed by atoms with E-state index < -0.39 is 28.6 Å². The Morgan fingerprint density at radius 1 is 1.38 bits per heavy atom. The van der Waals surface area contributed by atoms with Crippen molar-refractivity contribution in [1.29, 1.82) is 5.26 Å². The molecule has 1 N–H and O–H groups in total. The quantitative estimate of drug-likeness (QED) is 0.838. The van der Waals surface area contributed by atoms with Gasteiger partial charge in [-0.05, 0) is 26.0 Å². The number of anilines is 1. The molecule has 0 atom stereocenters. The molecule has 0 fully saturated rings. The van der Waals surface area contributed by atoms with Gasteiger partial charge in [-0.2, -0.15) is 5.26 Å². The molecule has 16 heavy (non-hydrogen) atoms. The standard InChI is InChI=1S/C11H10F2N2O/c1-11(2,6-14)10(16)15-9-7(12)4-3-5-8(9)13/h3-5H,1-2H3,(H,15,16). The maximum absolute atomic E-state index is 13.2. The smallest absolute Gasteiger partial charge is 0.244 e. The van der Waals surface area contributed by atoms with Gasteiger partial charge in [-0.15, -0.1) is 0 Å². The van der Waals surface area contributed by atoms with Crippen molar-refractivity contribution < 1.29 is 13.6 Å². The van der Waals surface area contributed by atoms with Gasteiger partial charge in [0.15, 0.2) is 0 Å². The molecule has 0 radical (unpaired) electrons. The number of amides is 1. The molecule has 0 saturated heterocycles. The van der Waals surface area contributed by atoms with Gasteiger partial charge in [0.2, 0.25) is 5.91 Å².